The lowest BCUT2D eigenvalue weighted by atomic mass is 9.99. The molecule has 1 fully saturated rings. The second kappa shape index (κ2) is 9.31. The number of nitrogens with zero attached hydrogens (tertiary/aromatic N) is 1. The molecule has 0 unspecified atom stereocenters. The maximum Gasteiger partial charge on any atom is 0.239 e. The van der Waals surface area contributed by atoms with E-state index in [1.165, 1.54) is 18.5 Å². The van der Waals surface area contributed by atoms with Crippen molar-refractivity contribution in [2.75, 3.05) is 37.0 Å². The van der Waals surface area contributed by atoms with Gasteiger partial charge in [-0.15, -0.1) is 0 Å². The van der Waals surface area contributed by atoms with Crippen molar-refractivity contribution in [1.82, 2.24) is 5.32 Å². The average Bonchev–Trinajstić information content (AvgIpc) is 2.72. The summed E-state index contributed by atoms with van der Waals surface area (Å²) in [7, 11) is 1.64. The van der Waals surface area contributed by atoms with Gasteiger partial charge in [-0.3, -0.25) is 4.79 Å². The second-order valence-electron chi connectivity index (χ2n) is 7.16. The first-order chi connectivity index (χ1) is 13.2. The molecule has 0 aromatic heterocycles. The minimum atomic E-state index is -0.0463. The smallest absolute Gasteiger partial charge is 0.239 e. The summed E-state index contributed by atoms with van der Waals surface area (Å²) in [6, 6.07) is 16.0. The first kappa shape index (κ1) is 19.1. The summed E-state index contributed by atoms with van der Waals surface area (Å²) in [6.07, 6.45) is 2.51. The molecule has 3 rings (SSSR count). The van der Waals surface area contributed by atoms with E-state index in [0.717, 1.165) is 36.0 Å². The molecule has 144 valence electrons. The van der Waals surface area contributed by atoms with Crippen molar-refractivity contribution in [1.29, 1.82) is 0 Å². The van der Waals surface area contributed by atoms with E-state index < -0.39 is 0 Å². The first-order valence-electron chi connectivity index (χ1n) is 9.63. The number of amides is 1. The van der Waals surface area contributed by atoms with Gasteiger partial charge < -0.3 is 20.3 Å². The zero-order chi connectivity index (χ0) is 19.1. The van der Waals surface area contributed by atoms with Gasteiger partial charge in [-0.25, -0.2) is 0 Å². The number of anilines is 2. The molecular weight excluding hydrogens is 338 g/mol. The van der Waals surface area contributed by atoms with Crippen LogP contribution in [0.5, 0.6) is 5.75 Å². The summed E-state index contributed by atoms with van der Waals surface area (Å²) in [5, 5.41) is 6.11. The maximum atomic E-state index is 12.1. The SMILES string of the molecule is COc1ccccc1CNC(=O)CNc1ccc(N2CCC(C)CC2)cc1. The molecule has 2 aromatic carbocycles. The summed E-state index contributed by atoms with van der Waals surface area (Å²) >= 11 is 0. The van der Waals surface area contributed by atoms with Crippen molar-refractivity contribution in [3.05, 3.63) is 54.1 Å². The lowest BCUT2D eigenvalue weighted by Gasteiger charge is -2.32. The maximum absolute atomic E-state index is 12.1. The van der Waals surface area contributed by atoms with E-state index in [1.54, 1.807) is 7.11 Å². The Hall–Kier alpha value is -2.69. The van der Waals surface area contributed by atoms with E-state index in [2.05, 4.69) is 34.6 Å². The lowest BCUT2D eigenvalue weighted by Crippen LogP contribution is -2.32. The Kier molecular flexibility index (Phi) is 6.58. The third kappa shape index (κ3) is 5.39. The molecule has 1 amide bonds. The van der Waals surface area contributed by atoms with E-state index in [1.807, 2.05) is 36.4 Å². The zero-order valence-electron chi connectivity index (χ0n) is 16.2. The van der Waals surface area contributed by atoms with E-state index in [-0.39, 0.29) is 12.5 Å². The van der Waals surface area contributed by atoms with Gasteiger partial charge in [0.25, 0.3) is 0 Å². The highest BCUT2D eigenvalue weighted by molar-refractivity contribution is 5.80. The molecular formula is C22H29N3O2. The van der Waals surface area contributed by atoms with Crippen molar-refractivity contribution >= 4 is 17.3 Å². The van der Waals surface area contributed by atoms with Crippen molar-refractivity contribution in [2.24, 2.45) is 5.92 Å². The van der Waals surface area contributed by atoms with Crippen LogP contribution in [0.3, 0.4) is 0 Å². The van der Waals surface area contributed by atoms with Crippen LogP contribution in [0, 0.1) is 5.92 Å². The number of carbonyl (C=O) groups excluding carboxylic acids is 1. The Labute approximate surface area is 161 Å². The predicted octanol–water partition coefficient (Wildman–Crippen LogP) is 3.66. The second-order valence-corrected chi connectivity index (χ2v) is 7.16. The normalized spacial score (nSPS) is 14.7. The van der Waals surface area contributed by atoms with E-state index in [0.29, 0.717) is 6.54 Å². The Bertz CT molecular complexity index is 737. The number of ether oxygens (including phenoxy) is 1. The van der Waals surface area contributed by atoms with Crippen LogP contribution in [0.2, 0.25) is 0 Å². The van der Waals surface area contributed by atoms with Crippen molar-refractivity contribution < 1.29 is 9.53 Å². The molecule has 0 bridgehead atoms. The van der Waals surface area contributed by atoms with Gasteiger partial charge in [-0.2, -0.15) is 0 Å². The molecule has 0 spiro atoms. The first-order valence-corrected chi connectivity index (χ1v) is 9.63. The van der Waals surface area contributed by atoms with Gasteiger partial charge in [0, 0.05) is 36.6 Å². The monoisotopic (exact) mass is 367 g/mol. The van der Waals surface area contributed by atoms with Gasteiger partial charge in [0.05, 0.1) is 13.7 Å². The largest absolute Gasteiger partial charge is 0.496 e. The summed E-state index contributed by atoms with van der Waals surface area (Å²) in [5.74, 6) is 1.57. The summed E-state index contributed by atoms with van der Waals surface area (Å²) < 4.78 is 5.30. The quantitative estimate of drug-likeness (QED) is 0.784. The summed E-state index contributed by atoms with van der Waals surface area (Å²) in [6.45, 7) is 5.27. The highest BCUT2D eigenvalue weighted by Gasteiger charge is 2.15. The predicted molar refractivity (Wildman–Crippen MR) is 110 cm³/mol. The van der Waals surface area contributed by atoms with Crippen LogP contribution >= 0.6 is 0 Å². The minimum absolute atomic E-state index is 0.0463. The number of rotatable bonds is 7. The van der Waals surface area contributed by atoms with Crippen LogP contribution in [0.1, 0.15) is 25.3 Å². The molecule has 27 heavy (non-hydrogen) atoms. The van der Waals surface area contributed by atoms with Crippen LogP contribution in [-0.2, 0) is 11.3 Å². The van der Waals surface area contributed by atoms with Gasteiger partial charge in [0.2, 0.25) is 5.91 Å². The average molecular weight is 367 g/mol. The number of hydrogen-bond acceptors (Lipinski definition) is 4. The standard InChI is InChI=1S/C22H29N3O2/c1-17-11-13-25(14-12-17)20-9-7-19(8-10-20)23-16-22(26)24-15-18-5-3-4-6-21(18)27-2/h3-10,17,23H,11-16H2,1-2H3,(H,24,26). The highest BCUT2D eigenvalue weighted by Crippen LogP contribution is 2.24. The van der Waals surface area contributed by atoms with Crippen LogP contribution < -0.4 is 20.3 Å². The summed E-state index contributed by atoms with van der Waals surface area (Å²) in [5.41, 5.74) is 3.18. The highest BCUT2D eigenvalue weighted by atomic mass is 16.5. The molecule has 0 aliphatic carbocycles. The van der Waals surface area contributed by atoms with E-state index in [9.17, 15) is 4.79 Å². The number of nitrogens with one attached hydrogen (secondary N) is 2. The zero-order valence-corrected chi connectivity index (χ0v) is 16.2. The molecule has 0 saturated carbocycles. The molecule has 1 heterocycles. The van der Waals surface area contributed by atoms with Crippen LogP contribution in [0.15, 0.2) is 48.5 Å². The molecule has 1 saturated heterocycles. The molecule has 5 heteroatoms. The fraction of sp³-hybridized carbons (Fsp3) is 0.409. The van der Waals surface area contributed by atoms with Crippen LogP contribution in [0.25, 0.3) is 0 Å². The number of benzene rings is 2. The third-order valence-electron chi connectivity index (χ3n) is 5.14. The van der Waals surface area contributed by atoms with Gasteiger partial charge >= 0.3 is 0 Å². The van der Waals surface area contributed by atoms with Gasteiger partial charge in [0.1, 0.15) is 5.75 Å². The number of carbonyl (C=O) groups is 1. The van der Waals surface area contributed by atoms with E-state index in [4.69, 9.17) is 4.74 Å². The molecule has 0 atom stereocenters. The number of para-hydroxylation sites is 1. The third-order valence-corrected chi connectivity index (χ3v) is 5.14. The van der Waals surface area contributed by atoms with Crippen molar-refractivity contribution in [2.45, 2.75) is 26.3 Å². The molecule has 1 aliphatic heterocycles. The Morgan fingerprint density at radius 2 is 1.81 bits per heavy atom. The molecule has 5 nitrogen and oxygen atoms in total. The van der Waals surface area contributed by atoms with Crippen molar-refractivity contribution in [3.8, 4) is 5.75 Å². The molecule has 1 aliphatic rings. The summed E-state index contributed by atoms with van der Waals surface area (Å²) in [4.78, 5) is 14.5. The van der Waals surface area contributed by atoms with Crippen LogP contribution in [-0.4, -0.2) is 32.7 Å². The number of hydrogen-bond donors (Lipinski definition) is 2. The fourth-order valence-corrected chi connectivity index (χ4v) is 3.34. The molecule has 2 N–H and O–H groups in total. The molecule has 2 aromatic rings. The van der Waals surface area contributed by atoms with Crippen LogP contribution in [0.4, 0.5) is 11.4 Å². The van der Waals surface area contributed by atoms with Gasteiger partial charge in [-0.05, 0) is 49.1 Å². The Morgan fingerprint density at radius 3 is 2.52 bits per heavy atom. The Balaban J connectivity index is 1.45. The minimum Gasteiger partial charge on any atom is -0.496 e. The number of methoxy groups -OCH3 is 1. The fourth-order valence-electron chi connectivity index (χ4n) is 3.34. The van der Waals surface area contributed by atoms with Crippen molar-refractivity contribution in [3.63, 3.8) is 0 Å². The number of piperidine rings is 1. The Morgan fingerprint density at radius 1 is 1.11 bits per heavy atom. The molecule has 0 radical (unpaired) electrons. The topological polar surface area (TPSA) is 53.6 Å². The van der Waals surface area contributed by atoms with Gasteiger partial charge in [0.15, 0.2) is 0 Å². The van der Waals surface area contributed by atoms with E-state index >= 15 is 0 Å². The van der Waals surface area contributed by atoms with Gasteiger partial charge in [-0.1, -0.05) is 25.1 Å². The lowest BCUT2D eigenvalue weighted by molar-refractivity contribution is -0.119.